The van der Waals surface area contributed by atoms with Gasteiger partial charge in [0.15, 0.2) is 18.2 Å². The first kappa shape index (κ1) is 23.8. The topological polar surface area (TPSA) is 72.8 Å². The lowest BCUT2D eigenvalue weighted by Gasteiger charge is -2.33. The van der Waals surface area contributed by atoms with Gasteiger partial charge in [0.2, 0.25) is 0 Å². The monoisotopic (exact) mass is 469 g/mol. The first-order chi connectivity index (χ1) is 13.4. The summed E-state index contributed by atoms with van der Waals surface area (Å²) < 4.78 is 11.4. The van der Waals surface area contributed by atoms with Crippen LogP contribution in [-0.4, -0.2) is 60.9 Å². The number of halogens is 1. The fraction of sp³-hybridized carbons (Fsp3) is 0.636. The maximum absolute atomic E-state index is 13.2. The molecule has 1 heterocycles. The lowest BCUT2D eigenvalue weighted by molar-refractivity contribution is -0.891. The SMILES string of the molecule is CCOC(=O)C[N@@+]1(C)CC[C@@H](OC(=O)[C@](O)(c2ccccc2)C2CCCC2)C1.[Br-]. The van der Waals surface area contributed by atoms with Gasteiger partial charge in [-0.2, -0.15) is 0 Å². The first-order valence-corrected chi connectivity index (χ1v) is 10.4. The van der Waals surface area contributed by atoms with Gasteiger partial charge >= 0.3 is 11.9 Å². The van der Waals surface area contributed by atoms with Gasteiger partial charge in [0, 0.05) is 12.3 Å². The number of aliphatic hydroxyl groups is 1. The first-order valence-electron chi connectivity index (χ1n) is 10.4. The van der Waals surface area contributed by atoms with Crippen LogP contribution in [0.15, 0.2) is 30.3 Å². The van der Waals surface area contributed by atoms with E-state index in [-0.39, 0.29) is 41.5 Å². The van der Waals surface area contributed by atoms with Crippen molar-refractivity contribution in [1.29, 1.82) is 0 Å². The summed E-state index contributed by atoms with van der Waals surface area (Å²) in [6.07, 6.45) is 4.06. The van der Waals surface area contributed by atoms with Crippen molar-refractivity contribution in [2.45, 2.75) is 50.7 Å². The summed E-state index contributed by atoms with van der Waals surface area (Å²) in [4.78, 5) is 25.0. The van der Waals surface area contributed by atoms with Gasteiger partial charge < -0.3 is 36.0 Å². The van der Waals surface area contributed by atoms with Crippen LogP contribution in [0.3, 0.4) is 0 Å². The van der Waals surface area contributed by atoms with Crippen molar-refractivity contribution in [3.8, 4) is 0 Å². The Hall–Kier alpha value is -1.44. The molecule has 29 heavy (non-hydrogen) atoms. The van der Waals surface area contributed by atoms with E-state index in [4.69, 9.17) is 9.47 Å². The van der Waals surface area contributed by atoms with Crippen LogP contribution in [0.4, 0.5) is 0 Å². The zero-order chi connectivity index (χ0) is 20.2. The van der Waals surface area contributed by atoms with E-state index in [9.17, 15) is 14.7 Å². The van der Waals surface area contributed by atoms with Gasteiger partial charge in [0.1, 0.15) is 6.54 Å². The Morgan fingerprint density at radius 3 is 2.45 bits per heavy atom. The third-order valence-electron chi connectivity index (χ3n) is 6.20. The third-order valence-corrected chi connectivity index (χ3v) is 6.20. The quantitative estimate of drug-likeness (QED) is 0.426. The van der Waals surface area contributed by atoms with E-state index in [0.717, 1.165) is 32.2 Å². The van der Waals surface area contributed by atoms with Gasteiger partial charge in [-0.1, -0.05) is 43.2 Å². The van der Waals surface area contributed by atoms with Crippen molar-refractivity contribution in [2.24, 2.45) is 5.92 Å². The number of likely N-dealkylation sites (tertiary alicyclic amines) is 1. The predicted octanol–water partition coefficient (Wildman–Crippen LogP) is -0.606. The minimum absolute atomic E-state index is 0. The molecule has 3 rings (SSSR count). The summed E-state index contributed by atoms with van der Waals surface area (Å²) in [6.45, 7) is 3.72. The molecule has 1 N–H and O–H groups in total. The maximum atomic E-state index is 13.2. The molecule has 3 atom stereocenters. The zero-order valence-electron chi connectivity index (χ0n) is 17.3. The maximum Gasteiger partial charge on any atom is 0.361 e. The molecule has 0 radical (unpaired) electrons. The number of hydrogen-bond acceptors (Lipinski definition) is 5. The predicted molar refractivity (Wildman–Crippen MR) is 104 cm³/mol. The van der Waals surface area contributed by atoms with E-state index in [0.29, 0.717) is 29.6 Å². The number of rotatable bonds is 7. The summed E-state index contributed by atoms with van der Waals surface area (Å²) in [5.74, 6) is -0.909. The van der Waals surface area contributed by atoms with E-state index >= 15 is 0 Å². The van der Waals surface area contributed by atoms with Crippen LogP contribution >= 0.6 is 0 Å². The number of hydrogen-bond donors (Lipinski definition) is 1. The number of nitrogens with zero attached hydrogens (tertiary/aromatic N) is 1. The third kappa shape index (κ3) is 5.38. The largest absolute Gasteiger partial charge is 1.00 e. The van der Waals surface area contributed by atoms with Gasteiger partial charge in [-0.25, -0.2) is 9.59 Å². The van der Waals surface area contributed by atoms with E-state index < -0.39 is 11.6 Å². The molecule has 1 aliphatic heterocycles. The van der Waals surface area contributed by atoms with Crippen LogP contribution in [0.5, 0.6) is 0 Å². The average molecular weight is 470 g/mol. The van der Waals surface area contributed by atoms with Crippen LogP contribution in [0.1, 0.15) is 44.6 Å². The summed E-state index contributed by atoms with van der Waals surface area (Å²) >= 11 is 0. The molecule has 1 aliphatic carbocycles. The Balaban J connectivity index is 0.00000300. The van der Waals surface area contributed by atoms with Gasteiger partial charge in [0.25, 0.3) is 0 Å². The number of carbonyl (C=O) groups excluding carboxylic acids is 2. The van der Waals surface area contributed by atoms with Crippen molar-refractivity contribution < 1.29 is 45.6 Å². The molecule has 0 unspecified atom stereocenters. The number of esters is 2. The molecule has 162 valence electrons. The smallest absolute Gasteiger partial charge is 0.361 e. The Morgan fingerprint density at radius 2 is 1.83 bits per heavy atom. The molecule has 0 bridgehead atoms. The number of carbonyl (C=O) groups is 2. The fourth-order valence-corrected chi connectivity index (χ4v) is 4.69. The minimum atomic E-state index is -1.61. The molecular formula is C22H32BrNO5. The van der Waals surface area contributed by atoms with E-state index in [1.807, 2.05) is 25.2 Å². The lowest BCUT2D eigenvalue weighted by atomic mass is 9.80. The van der Waals surface area contributed by atoms with E-state index in [1.165, 1.54) is 0 Å². The molecule has 1 aromatic rings. The highest BCUT2D eigenvalue weighted by Crippen LogP contribution is 2.42. The number of ether oxygens (including phenoxy) is 2. The van der Waals surface area contributed by atoms with Crippen LogP contribution in [0, 0.1) is 5.92 Å². The van der Waals surface area contributed by atoms with Crippen LogP contribution in [0.25, 0.3) is 0 Å². The molecule has 6 nitrogen and oxygen atoms in total. The summed E-state index contributed by atoms with van der Waals surface area (Å²) in [7, 11) is 1.98. The summed E-state index contributed by atoms with van der Waals surface area (Å²) in [5.41, 5.74) is -1.00. The van der Waals surface area contributed by atoms with Gasteiger partial charge in [-0.3, -0.25) is 0 Å². The Kier molecular flexibility index (Phi) is 8.26. The Morgan fingerprint density at radius 1 is 1.17 bits per heavy atom. The molecule has 7 heteroatoms. The second-order valence-electron chi connectivity index (χ2n) is 8.42. The summed E-state index contributed by atoms with van der Waals surface area (Å²) in [6, 6.07) is 9.15. The van der Waals surface area contributed by atoms with E-state index in [1.54, 1.807) is 19.1 Å². The van der Waals surface area contributed by atoms with Crippen molar-refractivity contribution >= 4 is 11.9 Å². The number of quaternary nitrogens is 1. The molecule has 0 amide bonds. The van der Waals surface area contributed by atoms with Crippen LogP contribution < -0.4 is 17.0 Å². The molecule has 1 aromatic carbocycles. The molecule has 0 aromatic heterocycles. The Bertz CT molecular complexity index is 694. The van der Waals surface area contributed by atoms with Crippen molar-refractivity contribution in [2.75, 3.05) is 33.3 Å². The Labute approximate surface area is 183 Å². The number of benzene rings is 1. The van der Waals surface area contributed by atoms with Gasteiger partial charge in [-0.15, -0.1) is 0 Å². The standard InChI is InChI=1S/C22H32NO5.BrH/c1-3-27-20(24)16-23(2)14-13-19(15-23)28-21(25)22(26,18-11-7-8-12-18)17-9-5-4-6-10-17;/h4-6,9-10,18-19,26H,3,7-8,11-16H2,1-2H3;1H/q+1;/p-1/t19-,22+,23+;/m1./s1. The van der Waals surface area contributed by atoms with Crippen LogP contribution in [0.2, 0.25) is 0 Å². The molecular weight excluding hydrogens is 438 g/mol. The number of likely N-dealkylation sites (N-methyl/N-ethyl adjacent to an activating group) is 1. The van der Waals surface area contributed by atoms with Crippen LogP contribution in [-0.2, 0) is 24.7 Å². The molecule has 0 spiro atoms. The molecule has 2 aliphatic rings. The van der Waals surface area contributed by atoms with Crippen molar-refractivity contribution in [3.63, 3.8) is 0 Å². The second kappa shape index (κ2) is 10.0. The second-order valence-corrected chi connectivity index (χ2v) is 8.42. The normalized spacial score (nSPS) is 26.4. The molecule has 2 fully saturated rings. The molecule has 1 saturated carbocycles. The van der Waals surface area contributed by atoms with Gasteiger partial charge in [0.05, 0.1) is 20.2 Å². The molecule has 1 saturated heterocycles. The highest BCUT2D eigenvalue weighted by Gasteiger charge is 2.50. The average Bonchev–Trinajstić information content (AvgIpc) is 3.32. The van der Waals surface area contributed by atoms with Crippen molar-refractivity contribution in [1.82, 2.24) is 0 Å². The highest BCUT2D eigenvalue weighted by atomic mass is 79.9. The fourth-order valence-electron chi connectivity index (χ4n) is 4.69. The van der Waals surface area contributed by atoms with Gasteiger partial charge in [-0.05, 0) is 25.3 Å². The van der Waals surface area contributed by atoms with E-state index in [2.05, 4.69) is 0 Å². The minimum Gasteiger partial charge on any atom is -1.00 e. The highest BCUT2D eigenvalue weighted by molar-refractivity contribution is 5.81. The van der Waals surface area contributed by atoms with Crippen molar-refractivity contribution in [3.05, 3.63) is 35.9 Å². The zero-order valence-corrected chi connectivity index (χ0v) is 18.9. The summed E-state index contributed by atoms with van der Waals surface area (Å²) in [5, 5.41) is 11.5. The lowest BCUT2D eigenvalue weighted by Crippen LogP contribution is -3.00.